The molecule has 84 valence electrons. The molecule has 0 aliphatic carbocycles. The fourth-order valence-corrected chi connectivity index (χ4v) is 2.32. The van der Waals surface area contributed by atoms with Crippen LogP contribution < -0.4 is 0 Å². The molecule has 2 aromatic heterocycles. The van der Waals surface area contributed by atoms with E-state index in [2.05, 4.69) is 32.0 Å². The Morgan fingerprint density at radius 3 is 2.88 bits per heavy atom. The molecule has 5 heteroatoms. The van der Waals surface area contributed by atoms with Gasteiger partial charge in [0.1, 0.15) is 11.8 Å². The fraction of sp³-hybridized carbons (Fsp3) is 0.0833. The third-order valence-electron chi connectivity index (χ3n) is 2.07. The molecule has 0 spiro atoms. The molecule has 2 rings (SSSR count). The molecule has 0 aromatic carbocycles. The predicted octanol–water partition coefficient (Wildman–Crippen LogP) is 3.40. The SMILES string of the molecule is N#Cc1ncccc1CSc1ccc(Br)cn1. The average Bonchev–Trinajstić information content (AvgIpc) is 2.38. The van der Waals surface area contributed by atoms with E-state index in [-0.39, 0.29) is 0 Å². The van der Waals surface area contributed by atoms with Crippen LogP contribution in [0.15, 0.2) is 46.2 Å². The van der Waals surface area contributed by atoms with Gasteiger partial charge >= 0.3 is 0 Å². The van der Waals surface area contributed by atoms with E-state index in [0.717, 1.165) is 15.1 Å². The molecule has 0 aliphatic heterocycles. The van der Waals surface area contributed by atoms with Crippen LogP contribution in [0.3, 0.4) is 0 Å². The zero-order valence-electron chi connectivity index (χ0n) is 8.80. The molecule has 0 amide bonds. The smallest absolute Gasteiger partial charge is 0.144 e. The van der Waals surface area contributed by atoms with Gasteiger partial charge in [-0.25, -0.2) is 9.97 Å². The number of nitrogens with zero attached hydrogens (tertiary/aromatic N) is 3. The largest absolute Gasteiger partial charge is 0.249 e. The Balaban J connectivity index is 2.08. The number of pyridine rings is 2. The molecular weight excluding hydrogens is 298 g/mol. The quantitative estimate of drug-likeness (QED) is 0.816. The fourth-order valence-electron chi connectivity index (χ4n) is 1.26. The van der Waals surface area contributed by atoms with Gasteiger partial charge in [0.15, 0.2) is 0 Å². The van der Waals surface area contributed by atoms with Gasteiger partial charge in [-0.1, -0.05) is 6.07 Å². The van der Waals surface area contributed by atoms with Crippen LogP contribution in [0.4, 0.5) is 0 Å². The first-order valence-corrected chi connectivity index (χ1v) is 6.66. The van der Waals surface area contributed by atoms with Crippen molar-refractivity contribution in [3.63, 3.8) is 0 Å². The summed E-state index contributed by atoms with van der Waals surface area (Å²) in [6.45, 7) is 0. The molecule has 2 heterocycles. The molecule has 0 saturated heterocycles. The van der Waals surface area contributed by atoms with Crippen molar-refractivity contribution >= 4 is 27.7 Å². The molecular formula is C12H8BrN3S. The van der Waals surface area contributed by atoms with E-state index in [0.29, 0.717) is 11.4 Å². The van der Waals surface area contributed by atoms with Crippen LogP contribution in [-0.2, 0) is 5.75 Å². The Bertz CT molecular complexity index is 548. The van der Waals surface area contributed by atoms with Gasteiger partial charge in [-0.2, -0.15) is 5.26 Å². The third-order valence-corrected chi connectivity index (χ3v) is 3.53. The van der Waals surface area contributed by atoms with Crippen molar-refractivity contribution in [2.75, 3.05) is 0 Å². The summed E-state index contributed by atoms with van der Waals surface area (Å²) >= 11 is 4.93. The van der Waals surface area contributed by atoms with Crippen LogP contribution in [0.5, 0.6) is 0 Å². The summed E-state index contributed by atoms with van der Waals surface area (Å²) in [4.78, 5) is 8.28. The van der Waals surface area contributed by atoms with E-state index in [1.54, 1.807) is 24.2 Å². The highest BCUT2D eigenvalue weighted by Gasteiger charge is 2.03. The number of hydrogen-bond donors (Lipinski definition) is 0. The summed E-state index contributed by atoms with van der Waals surface area (Å²) in [5, 5.41) is 9.84. The number of nitriles is 1. The van der Waals surface area contributed by atoms with Crippen LogP contribution in [0.25, 0.3) is 0 Å². The molecule has 0 unspecified atom stereocenters. The van der Waals surface area contributed by atoms with Gasteiger partial charge in [-0.3, -0.25) is 0 Å². The highest BCUT2D eigenvalue weighted by atomic mass is 79.9. The molecule has 0 radical (unpaired) electrons. The Morgan fingerprint density at radius 2 is 2.18 bits per heavy atom. The Hall–Kier alpha value is -1.38. The van der Waals surface area contributed by atoms with Gasteiger partial charge in [0, 0.05) is 22.6 Å². The Kier molecular flexibility index (Phi) is 4.13. The third kappa shape index (κ3) is 3.29. The minimum atomic E-state index is 0.483. The van der Waals surface area contributed by atoms with Gasteiger partial charge < -0.3 is 0 Å². The van der Waals surface area contributed by atoms with E-state index < -0.39 is 0 Å². The summed E-state index contributed by atoms with van der Waals surface area (Å²) < 4.78 is 0.959. The summed E-state index contributed by atoms with van der Waals surface area (Å²) in [6.07, 6.45) is 3.39. The maximum absolute atomic E-state index is 8.91. The molecule has 0 atom stereocenters. The molecule has 0 saturated carbocycles. The van der Waals surface area contributed by atoms with E-state index in [1.165, 1.54) is 0 Å². The van der Waals surface area contributed by atoms with Crippen molar-refractivity contribution in [2.45, 2.75) is 10.8 Å². The second kappa shape index (κ2) is 5.80. The number of rotatable bonds is 3. The lowest BCUT2D eigenvalue weighted by atomic mass is 10.2. The topological polar surface area (TPSA) is 49.6 Å². The average molecular weight is 306 g/mol. The van der Waals surface area contributed by atoms with Gasteiger partial charge in [0.05, 0.1) is 5.03 Å². The van der Waals surface area contributed by atoms with Crippen LogP contribution in [0.2, 0.25) is 0 Å². The van der Waals surface area contributed by atoms with Crippen molar-refractivity contribution in [3.8, 4) is 6.07 Å². The van der Waals surface area contributed by atoms with Crippen molar-refractivity contribution < 1.29 is 0 Å². The second-order valence-electron chi connectivity index (χ2n) is 3.23. The predicted molar refractivity (Wildman–Crippen MR) is 70.5 cm³/mol. The lowest BCUT2D eigenvalue weighted by Gasteiger charge is -2.02. The van der Waals surface area contributed by atoms with E-state index in [9.17, 15) is 0 Å². The van der Waals surface area contributed by atoms with Crippen molar-refractivity contribution in [2.24, 2.45) is 0 Å². The Labute approximate surface area is 112 Å². The lowest BCUT2D eigenvalue weighted by molar-refractivity contribution is 1.12. The molecule has 3 nitrogen and oxygen atoms in total. The van der Waals surface area contributed by atoms with E-state index >= 15 is 0 Å². The maximum Gasteiger partial charge on any atom is 0.144 e. The maximum atomic E-state index is 8.91. The molecule has 0 N–H and O–H groups in total. The zero-order valence-corrected chi connectivity index (χ0v) is 11.2. The summed E-state index contributed by atoms with van der Waals surface area (Å²) in [6, 6.07) is 9.73. The van der Waals surface area contributed by atoms with Gasteiger partial charge in [-0.15, -0.1) is 11.8 Å². The molecule has 2 aromatic rings. The van der Waals surface area contributed by atoms with Gasteiger partial charge in [0.25, 0.3) is 0 Å². The monoisotopic (exact) mass is 305 g/mol. The number of thioether (sulfide) groups is 1. The lowest BCUT2D eigenvalue weighted by Crippen LogP contribution is -1.91. The minimum absolute atomic E-state index is 0.483. The van der Waals surface area contributed by atoms with Crippen molar-refractivity contribution in [1.29, 1.82) is 5.26 Å². The normalized spacial score (nSPS) is 9.88. The summed E-state index contributed by atoms with van der Waals surface area (Å²) in [5.41, 5.74) is 1.42. The number of halogens is 1. The number of hydrogen-bond acceptors (Lipinski definition) is 4. The second-order valence-corrected chi connectivity index (χ2v) is 5.14. The standard InChI is InChI=1S/C12H8BrN3S/c13-10-3-4-12(16-7-10)17-8-9-2-1-5-15-11(9)6-14/h1-5,7H,8H2. The number of aromatic nitrogens is 2. The van der Waals surface area contributed by atoms with Crippen LogP contribution in [0, 0.1) is 11.3 Å². The van der Waals surface area contributed by atoms with Crippen LogP contribution in [-0.4, -0.2) is 9.97 Å². The van der Waals surface area contributed by atoms with E-state index in [1.807, 2.05) is 24.3 Å². The molecule has 17 heavy (non-hydrogen) atoms. The highest BCUT2D eigenvalue weighted by molar-refractivity contribution is 9.10. The first-order chi connectivity index (χ1) is 8.29. The summed E-state index contributed by atoms with van der Waals surface area (Å²) in [7, 11) is 0. The van der Waals surface area contributed by atoms with Gasteiger partial charge in [0.2, 0.25) is 0 Å². The van der Waals surface area contributed by atoms with Crippen molar-refractivity contribution in [1.82, 2.24) is 9.97 Å². The van der Waals surface area contributed by atoms with Crippen LogP contribution in [0.1, 0.15) is 11.3 Å². The molecule has 0 bridgehead atoms. The highest BCUT2D eigenvalue weighted by Crippen LogP contribution is 2.22. The van der Waals surface area contributed by atoms with Crippen molar-refractivity contribution in [3.05, 3.63) is 52.4 Å². The molecule has 0 aliphatic rings. The van der Waals surface area contributed by atoms with Gasteiger partial charge in [-0.05, 0) is 39.7 Å². The minimum Gasteiger partial charge on any atom is -0.249 e. The first-order valence-electron chi connectivity index (χ1n) is 4.88. The zero-order chi connectivity index (χ0) is 12.1. The molecule has 0 fully saturated rings. The summed E-state index contributed by atoms with van der Waals surface area (Å²) in [5.74, 6) is 0.700. The van der Waals surface area contributed by atoms with Crippen LogP contribution >= 0.6 is 27.7 Å². The van der Waals surface area contributed by atoms with E-state index in [4.69, 9.17) is 5.26 Å². The Morgan fingerprint density at radius 1 is 1.29 bits per heavy atom. The first kappa shape index (κ1) is 12.1.